The van der Waals surface area contributed by atoms with Crippen molar-refractivity contribution in [2.24, 2.45) is 0 Å². The van der Waals surface area contributed by atoms with Gasteiger partial charge in [-0.25, -0.2) is 4.98 Å². The number of rotatable bonds is 5. The number of fused-ring (bicyclic) bond motifs is 7. The van der Waals surface area contributed by atoms with Gasteiger partial charge in [0.05, 0.1) is 21.4 Å². The van der Waals surface area contributed by atoms with Gasteiger partial charge in [0.1, 0.15) is 0 Å². The Balaban J connectivity index is 1.48. The Hall–Kier alpha value is -5.33. The van der Waals surface area contributed by atoms with Crippen LogP contribution in [-0.4, -0.2) is 26.6 Å². The first-order valence-corrected chi connectivity index (χ1v) is 16.3. The zero-order valence-electron chi connectivity index (χ0n) is 26.3. The predicted octanol–water partition coefficient (Wildman–Crippen LogP) is 10.3. The molecule has 8 rings (SSSR count). The van der Waals surface area contributed by atoms with Gasteiger partial charge in [-0.05, 0) is 18.6 Å². The normalized spacial score (nSPS) is 14.6. The van der Waals surface area contributed by atoms with Gasteiger partial charge in [-0.2, -0.15) is 9.97 Å². The second-order valence-electron chi connectivity index (χ2n) is 12.3. The molecule has 0 unspecified atom stereocenters. The van der Waals surface area contributed by atoms with Crippen LogP contribution in [0, 0.1) is 0 Å². The van der Waals surface area contributed by atoms with E-state index in [-0.39, 0.29) is 5.41 Å². The van der Waals surface area contributed by atoms with Crippen LogP contribution in [0.2, 0.25) is 0 Å². The van der Waals surface area contributed by atoms with E-state index in [0.717, 1.165) is 22.2 Å². The molecule has 7 aromatic rings. The number of benzene rings is 4. The Morgan fingerprint density at radius 2 is 1.35 bits per heavy atom. The first-order valence-electron chi connectivity index (χ1n) is 15.5. The van der Waals surface area contributed by atoms with Crippen LogP contribution in [0.1, 0.15) is 25.6 Å². The summed E-state index contributed by atoms with van der Waals surface area (Å²) in [4.78, 5) is 19.0. The van der Waals surface area contributed by atoms with Crippen LogP contribution >= 0.6 is 11.3 Å². The first kappa shape index (κ1) is 28.2. The third kappa shape index (κ3) is 4.17. The fourth-order valence-electron chi connectivity index (χ4n) is 6.87. The van der Waals surface area contributed by atoms with Crippen LogP contribution in [0.15, 0.2) is 133 Å². The highest BCUT2D eigenvalue weighted by molar-refractivity contribution is 7.21. The molecule has 4 aromatic carbocycles. The summed E-state index contributed by atoms with van der Waals surface area (Å²) in [6.45, 7) is 10.8. The molecule has 1 aliphatic rings. The minimum atomic E-state index is -0.188. The van der Waals surface area contributed by atoms with E-state index in [1.54, 1.807) is 0 Å². The lowest BCUT2D eigenvalue weighted by atomic mass is 9.77. The molecule has 4 heterocycles. The third-order valence-corrected chi connectivity index (χ3v) is 10.7. The second kappa shape index (κ2) is 10.6. The van der Waals surface area contributed by atoms with Gasteiger partial charge in [0, 0.05) is 50.3 Å². The predicted molar refractivity (Wildman–Crippen MR) is 194 cm³/mol. The number of allylic oxidation sites excluding steroid dienone is 5. The summed E-state index contributed by atoms with van der Waals surface area (Å²) < 4.78 is 3.48. The van der Waals surface area contributed by atoms with E-state index in [1.807, 2.05) is 59.9 Å². The molecule has 0 amide bonds. The summed E-state index contributed by atoms with van der Waals surface area (Å²) in [5.74, 6) is 1.90. The van der Waals surface area contributed by atoms with Crippen molar-refractivity contribution in [2.75, 3.05) is 11.9 Å². The van der Waals surface area contributed by atoms with Gasteiger partial charge < -0.3 is 4.90 Å². The van der Waals surface area contributed by atoms with Crippen molar-refractivity contribution in [2.45, 2.75) is 26.2 Å². The Morgan fingerprint density at radius 3 is 2.00 bits per heavy atom. The van der Waals surface area contributed by atoms with Crippen LogP contribution in [0.5, 0.6) is 0 Å². The van der Waals surface area contributed by atoms with Crippen molar-refractivity contribution >= 4 is 48.9 Å². The summed E-state index contributed by atoms with van der Waals surface area (Å²) in [5.41, 5.74) is 7.70. The van der Waals surface area contributed by atoms with Crippen LogP contribution in [0.4, 0.5) is 5.69 Å². The van der Waals surface area contributed by atoms with E-state index in [9.17, 15) is 0 Å². The van der Waals surface area contributed by atoms with Gasteiger partial charge in [0.2, 0.25) is 5.95 Å². The number of nitrogens with zero attached hydrogens (tertiary/aromatic N) is 5. The van der Waals surface area contributed by atoms with E-state index in [0.29, 0.717) is 17.6 Å². The fraction of sp³-hybridized carbons (Fsp3) is 0.125. The quantitative estimate of drug-likeness (QED) is 0.181. The molecule has 0 spiro atoms. The molecule has 3 aromatic heterocycles. The smallest absolute Gasteiger partial charge is 0.238 e. The molecule has 224 valence electrons. The van der Waals surface area contributed by atoms with Crippen molar-refractivity contribution in [1.82, 2.24) is 19.5 Å². The highest BCUT2D eigenvalue weighted by Gasteiger charge is 2.38. The van der Waals surface area contributed by atoms with E-state index in [1.165, 1.54) is 42.7 Å². The molecule has 0 atom stereocenters. The van der Waals surface area contributed by atoms with Crippen molar-refractivity contribution < 1.29 is 0 Å². The van der Waals surface area contributed by atoms with Gasteiger partial charge >= 0.3 is 0 Å². The number of aromatic nitrogens is 4. The first-order chi connectivity index (χ1) is 22.4. The highest BCUT2D eigenvalue weighted by Crippen LogP contribution is 2.54. The molecule has 0 fully saturated rings. The van der Waals surface area contributed by atoms with Gasteiger partial charge in [-0.3, -0.25) is 4.57 Å². The van der Waals surface area contributed by atoms with Gasteiger partial charge in [0.25, 0.3) is 0 Å². The molecule has 0 saturated heterocycles. The molecule has 0 saturated carbocycles. The lowest BCUT2D eigenvalue weighted by Gasteiger charge is -2.38. The summed E-state index contributed by atoms with van der Waals surface area (Å²) in [6.07, 6.45) is 6.10. The number of hydrogen-bond donors (Lipinski definition) is 0. The number of para-hydroxylation sites is 1. The highest BCUT2D eigenvalue weighted by atomic mass is 32.1. The second-order valence-corrected chi connectivity index (χ2v) is 13.3. The monoisotopic (exact) mass is 615 g/mol. The molecule has 5 nitrogen and oxygen atoms in total. The summed E-state index contributed by atoms with van der Waals surface area (Å²) in [5, 5.41) is 3.59. The zero-order valence-corrected chi connectivity index (χ0v) is 27.1. The lowest BCUT2D eigenvalue weighted by Crippen LogP contribution is -2.31. The largest absolute Gasteiger partial charge is 0.347 e. The van der Waals surface area contributed by atoms with Crippen LogP contribution in [0.25, 0.3) is 60.6 Å². The fourth-order valence-corrected chi connectivity index (χ4v) is 8.35. The maximum Gasteiger partial charge on any atom is 0.238 e. The Kier molecular flexibility index (Phi) is 6.51. The van der Waals surface area contributed by atoms with Crippen molar-refractivity contribution in [3.05, 3.63) is 138 Å². The van der Waals surface area contributed by atoms with Gasteiger partial charge in [-0.1, -0.05) is 130 Å². The average Bonchev–Trinajstić information content (AvgIpc) is 3.65. The van der Waals surface area contributed by atoms with E-state index < -0.39 is 0 Å². The molecule has 0 aliphatic carbocycles. The molecule has 6 heteroatoms. The summed E-state index contributed by atoms with van der Waals surface area (Å²) in [7, 11) is 2.18. The van der Waals surface area contributed by atoms with Crippen molar-refractivity contribution in [1.29, 1.82) is 0 Å². The molecule has 0 N–H and O–H groups in total. The van der Waals surface area contributed by atoms with Crippen LogP contribution in [0.3, 0.4) is 0 Å². The zero-order chi connectivity index (χ0) is 31.6. The molecule has 0 bridgehead atoms. The van der Waals surface area contributed by atoms with E-state index in [2.05, 4.69) is 111 Å². The lowest BCUT2D eigenvalue weighted by molar-refractivity contribution is 0.629. The molecular weight excluding hydrogens is 583 g/mol. The SMILES string of the molecule is C=C/C=C\C1=C(C)N(C)c2c(sc3c2ccc2c4ccccc4n(-c4nc(-c5ccccc5)nc(-c5ccccc5)n4)c23)C1(C)C. The number of anilines is 1. The molecule has 1 aliphatic heterocycles. The van der Waals surface area contributed by atoms with Crippen molar-refractivity contribution in [3.8, 4) is 28.7 Å². The van der Waals surface area contributed by atoms with Crippen LogP contribution < -0.4 is 4.90 Å². The molecule has 46 heavy (non-hydrogen) atoms. The summed E-state index contributed by atoms with van der Waals surface area (Å²) >= 11 is 1.88. The van der Waals surface area contributed by atoms with Gasteiger partial charge in [-0.15, -0.1) is 11.3 Å². The van der Waals surface area contributed by atoms with E-state index >= 15 is 0 Å². The standard InChI is InChI=1S/C40H33N5S/c1-6-7-21-31-25(2)44(5)34-30-24-23-29-28-20-14-15-22-32(28)45(33(29)35(30)46-36(34)40(31,3)4)39-42-37(26-16-10-8-11-17-26)41-38(43-39)27-18-12-9-13-19-27/h6-24H,1H2,2-5H3/b21-7-. The van der Waals surface area contributed by atoms with Gasteiger partial charge in [0.15, 0.2) is 11.6 Å². The number of hydrogen-bond acceptors (Lipinski definition) is 5. The minimum absolute atomic E-state index is 0.188. The Labute approximate surface area is 272 Å². The Bertz CT molecular complexity index is 2320. The summed E-state index contributed by atoms with van der Waals surface area (Å²) in [6, 6.07) is 33.5. The van der Waals surface area contributed by atoms with Crippen LogP contribution in [-0.2, 0) is 5.41 Å². The number of thiophene rings is 1. The minimum Gasteiger partial charge on any atom is -0.347 e. The van der Waals surface area contributed by atoms with E-state index in [4.69, 9.17) is 15.0 Å². The molecule has 0 radical (unpaired) electrons. The topological polar surface area (TPSA) is 46.8 Å². The average molecular weight is 616 g/mol. The van der Waals surface area contributed by atoms with Crippen molar-refractivity contribution in [3.63, 3.8) is 0 Å². The maximum absolute atomic E-state index is 5.17. The molecular formula is C40H33N5S. The Morgan fingerprint density at radius 1 is 0.739 bits per heavy atom. The third-order valence-electron chi connectivity index (χ3n) is 9.22. The maximum atomic E-state index is 5.17.